The zero-order chi connectivity index (χ0) is 21.1. The average Bonchev–Trinajstić information content (AvgIpc) is 2.91. The highest BCUT2D eigenvalue weighted by atomic mass is 35.5. The molecule has 0 atom stereocenters. The number of carbonyl (C=O) groups is 2. The molecular weight excluding hydrogens is 413 g/mol. The number of aromatic nitrogens is 1. The quantitative estimate of drug-likeness (QED) is 0.582. The third-order valence-corrected chi connectivity index (χ3v) is 5.55. The Hall–Kier alpha value is -2.43. The van der Waals surface area contributed by atoms with Gasteiger partial charge >= 0.3 is 5.97 Å². The van der Waals surface area contributed by atoms with Gasteiger partial charge in [0, 0.05) is 17.1 Å². The number of benzene rings is 1. The van der Waals surface area contributed by atoms with E-state index in [4.69, 9.17) is 16.3 Å². The SMILES string of the molecule is CCOC(=O)c1c(C)[nH]c(C)c1S(=O)(=O)NCC(=O)Nc1ccc(F)c(Cl)c1. The monoisotopic (exact) mass is 431 g/mol. The summed E-state index contributed by atoms with van der Waals surface area (Å²) >= 11 is 5.63. The largest absolute Gasteiger partial charge is 0.462 e. The molecule has 0 radical (unpaired) electrons. The zero-order valence-corrected chi connectivity index (χ0v) is 16.9. The molecule has 1 heterocycles. The number of hydrogen-bond acceptors (Lipinski definition) is 5. The van der Waals surface area contributed by atoms with Crippen LogP contribution in [0.25, 0.3) is 0 Å². The predicted octanol–water partition coefficient (Wildman–Crippen LogP) is 2.52. The van der Waals surface area contributed by atoms with Crippen molar-refractivity contribution in [2.75, 3.05) is 18.5 Å². The maximum absolute atomic E-state index is 13.1. The van der Waals surface area contributed by atoms with E-state index in [0.717, 1.165) is 6.07 Å². The molecule has 1 amide bonds. The first-order valence-electron chi connectivity index (χ1n) is 8.17. The van der Waals surface area contributed by atoms with Crippen LogP contribution in [0, 0.1) is 19.7 Å². The van der Waals surface area contributed by atoms with Gasteiger partial charge in [-0.25, -0.2) is 22.3 Å². The number of anilines is 1. The summed E-state index contributed by atoms with van der Waals surface area (Å²) in [4.78, 5) is 26.7. The van der Waals surface area contributed by atoms with Crippen molar-refractivity contribution >= 4 is 39.2 Å². The second-order valence-corrected chi connectivity index (χ2v) is 7.91. The van der Waals surface area contributed by atoms with Crippen LogP contribution in [0.1, 0.15) is 28.7 Å². The molecule has 0 aliphatic rings. The number of sulfonamides is 1. The zero-order valence-electron chi connectivity index (χ0n) is 15.4. The highest BCUT2D eigenvalue weighted by molar-refractivity contribution is 7.89. The van der Waals surface area contributed by atoms with Crippen LogP contribution in [0.2, 0.25) is 5.02 Å². The van der Waals surface area contributed by atoms with Crippen LogP contribution in [0.15, 0.2) is 23.1 Å². The van der Waals surface area contributed by atoms with Gasteiger partial charge in [-0.2, -0.15) is 0 Å². The van der Waals surface area contributed by atoms with E-state index in [1.54, 1.807) is 13.8 Å². The first kappa shape index (κ1) is 21.9. The van der Waals surface area contributed by atoms with Gasteiger partial charge in [0.25, 0.3) is 0 Å². The number of aryl methyl sites for hydroxylation is 2. The molecule has 2 rings (SSSR count). The molecule has 0 spiro atoms. The van der Waals surface area contributed by atoms with Gasteiger partial charge in [-0.3, -0.25) is 4.79 Å². The number of amides is 1. The highest BCUT2D eigenvalue weighted by Gasteiger charge is 2.30. The van der Waals surface area contributed by atoms with Crippen LogP contribution < -0.4 is 10.0 Å². The summed E-state index contributed by atoms with van der Waals surface area (Å²) in [5.41, 5.74) is 0.662. The maximum atomic E-state index is 13.1. The Morgan fingerprint density at radius 2 is 1.93 bits per heavy atom. The molecule has 152 valence electrons. The van der Waals surface area contributed by atoms with E-state index in [0.29, 0.717) is 5.69 Å². The van der Waals surface area contributed by atoms with Crippen molar-refractivity contribution in [3.05, 3.63) is 46.0 Å². The lowest BCUT2D eigenvalue weighted by Gasteiger charge is -2.10. The average molecular weight is 432 g/mol. The van der Waals surface area contributed by atoms with Crippen molar-refractivity contribution in [3.63, 3.8) is 0 Å². The summed E-state index contributed by atoms with van der Waals surface area (Å²) in [6.45, 7) is 4.11. The molecule has 3 N–H and O–H groups in total. The van der Waals surface area contributed by atoms with Gasteiger partial charge < -0.3 is 15.0 Å². The van der Waals surface area contributed by atoms with Crippen molar-refractivity contribution in [1.29, 1.82) is 0 Å². The lowest BCUT2D eigenvalue weighted by molar-refractivity contribution is -0.115. The van der Waals surface area contributed by atoms with E-state index in [2.05, 4.69) is 15.0 Å². The molecule has 0 saturated carbocycles. The normalized spacial score (nSPS) is 11.3. The van der Waals surface area contributed by atoms with Crippen molar-refractivity contribution in [2.24, 2.45) is 0 Å². The number of ether oxygens (including phenoxy) is 1. The van der Waals surface area contributed by atoms with Crippen molar-refractivity contribution in [2.45, 2.75) is 25.7 Å². The fourth-order valence-corrected chi connectivity index (χ4v) is 4.16. The van der Waals surface area contributed by atoms with Crippen LogP contribution in [-0.2, 0) is 19.6 Å². The lowest BCUT2D eigenvalue weighted by atomic mass is 10.2. The Kier molecular flexibility index (Phi) is 6.81. The van der Waals surface area contributed by atoms with E-state index >= 15 is 0 Å². The smallest absolute Gasteiger partial charge is 0.341 e. The number of nitrogens with one attached hydrogen (secondary N) is 3. The number of hydrogen-bond donors (Lipinski definition) is 3. The fraction of sp³-hybridized carbons (Fsp3) is 0.294. The molecule has 0 bridgehead atoms. The number of halogens is 2. The van der Waals surface area contributed by atoms with Crippen LogP contribution in [0.4, 0.5) is 10.1 Å². The van der Waals surface area contributed by atoms with Crippen LogP contribution in [-0.4, -0.2) is 38.4 Å². The molecule has 0 unspecified atom stereocenters. The maximum Gasteiger partial charge on any atom is 0.341 e. The second kappa shape index (κ2) is 8.72. The van der Waals surface area contributed by atoms with Crippen molar-refractivity contribution in [1.82, 2.24) is 9.71 Å². The minimum absolute atomic E-state index is 0.0814. The van der Waals surface area contributed by atoms with Gasteiger partial charge in [-0.05, 0) is 39.0 Å². The summed E-state index contributed by atoms with van der Waals surface area (Å²) in [7, 11) is -4.20. The fourth-order valence-electron chi connectivity index (χ4n) is 2.56. The van der Waals surface area contributed by atoms with Crippen LogP contribution >= 0.6 is 11.6 Å². The third kappa shape index (κ3) is 4.89. The van der Waals surface area contributed by atoms with Crippen molar-refractivity contribution < 1.29 is 27.1 Å². The van der Waals surface area contributed by atoms with Crippen molar-refractivity contribution in [3.8, 4) is 0 Å². The Bertz CT molecular complexity index is 1020. The number of rotatable bonds is 7. The Labute approximate surface area is 166 Å². The summed E-state index contributed by atoms with van der Waals surface area (Å²) < 4.78 is 45.5. The topological polar surface area (TPSA) is 117 Å². The minimum Gasteiger partial charge on any atom is -0.462 e. The molecule has 11 heteroatoms. The molecule has 0 aliphatic heterocycles. The molecule has 0 aliphatic carbocycles. The van der Waals surface area contributed by atoms with E-state index in [1.807, 2.05) is 0 Å². The Morgan fingerprint density at radius 1 is 1.25 bits per heavy atom. The first-order valence-corrected chi connectivity index (χ1v) is 10.0. The van der Waals surface area contributed by atoms with Gasteiger partial charge in [-0.15, -0.1) is 0 Å². The second-order valence-electron chi connectivity index (χ2n) is 5.80. The van der Waals surface area contributed by atoms with E-state index in [1.165, 1.54) is 19.1 Å². The van der Waals surface area contributed by atoms with Gasteiger partial charge in [0.15, 0.2) is 0 Å². The highest BCUT2D eigenvalue weighted by Crippen LogP contribution is 2.24. The minimum atomic E-state index is -4.20. The Balaban J connectivity index is 2.17. The molecule has 0 saturated heterocycles. The van der Waals surface area contributed by atoms with Gasteiger partial charge in [0.05, 0.1) is 18.2 Å². The summed E-state index contributed by atoms with van der Waals surface area (Å²) in [6.07, 6.45) is 0. The first-order chi connectivity index (χ1) is 13.1. The van der Waals surface area contributed by atoms with Gasteiger partial charge in [-0.1, -0.05) is 11.6 Å². The van der Waals surface area contributed by atoms with E-state index in [-0.39, 0.29) is 33.5 Å². The van der Waals surface area contributed by atoms with E-state index in [9.17, 15) is 22.4 Å². The molecule has 1 aromatic carbocycles. The Morgan fingerprint density at radius 3 is 2.54 bits per heavy atom. The molecule has 2 aromatic rings. The molecular formula is C17H19ClFN3O5S. The number of carbonyl (C=O) groups excluding carboxylic acids is 2. The van der Waals surface area contributed by atoms with Crippen LogP contribution in [0.5, 0.6) is 0 Å². The molecule has 28 heavy (non-hydrogen) atoms. The number of esters is 1. The molecule has 0 fully saturated rings. The summed E-state index contributed by atoms with van der Waals surface area (Å²) in [6, 6.07) is 3.55. The van der Waals surface area contributed by atoms with Gasteiger partial charge in [0.1, 0.15) is 16.3 Å². The summed E-state index contributed by atoms with van der Waals surface area (Å²) in [5.74, 6) is -2.13. The third-order valence-electron chi connectivity index (χ3n) is 3.69. The van der Waals surface area contributed by atoms with Crippen LogP contribution in [0.3, 0.4) is 0 Å². The predicted molar refractivity (Wildman–Crippen MR) is 101 cm³/mol. The lowest BCUT2D eigenvalue weighted by Crippen LogP contribution is -2.33. The van der Waals surface area contributed by atoms with E-state index < -0.39 is 34.3 Å². The number of H-pyrrole nitrogens is 1. The summed E-state index contributed by atoms with van der Waals surface area (Å²) in [5, 5.41) is 2.21. The standard InChI is InChI=1S/C17H19ClFN3O5S/c1-4-27-17(24)15-9(2)21-10(3)16(15)28(25,26)20-8-14(23)22-11-5-6-13(19)12(18)7-11/h5-7,20-21H,4,8H2,1-3H3,(H,22,23). The molecule has 8 nitrogen and oxygen atoms in total. The number of aromatic amines is 1. The van der Waals surface area contributed by atoms with Gasteiger partial charge in [0.2, 0.25) is 15.9 Å². The molecule has 1 aromatic heterocycles.